The van der Waals surface area contributed by atoms with Crippen LogP contribution in [0.4, 0.5) is 14.5 Å². The number of hydrogen-bond donors (Lipinski definition) is 1. The van der Waals surface area contributed by atoms with Crippen LogP contribution in [0.15, 0.2) is 30.7 Å². The average Bonchev–Trinajstić information content (AvgIpc) is 3.27. The van der Waals surface area contributed by atoms with Gasteiger partial charge < -0.3 is 9.72 Å². The van der Waals surface area contributed by atoms with Crippen LogP contribution in [0.1, 0.15) is 66.8 Å². The van der Waals surface area contributed by atoms with Gasteiger partial charge in [-0.25, -0.2) is 13.8 Å². The van der Waals surface area contributed by atoms with Crippen molar-refractivity contribution in [3.8, 4) is 0 Å². The van der Waals surface area contributed by atoms with Crippen molar-refractivity contribution in [3.63, 3.8) is 0 Å². The molecule has 1 aliphatic rings. The molecular weight excluding hydrogens is 364 g/mol. The van der Waals surface area contributed by atoms with Gasteiger partial charge in [-0.2, -0.15) is 5.10 Å². The second-order valence-electron chi connectivity index (χ2n) is 7.59. The lowest BCUT2D eigenvalue weighted by Gasteiger charge is -2.26. The zero-order valence-electron chi connectivity index (χ0n) is 15.9. The summed E-state index contributed by atoms with van der Waals surface area (Å²) < 4.78 is 30.4. The summed E-state index contributed by atoms with van der Waals surface area (Å²) in [5.74, 6) is 0.180. The molecule has 0 spiro atoms. The van der Waals surface area contributed by atoms with Crippen LogP contribution in [-0.2, 0) is 0 Å². The van der Waals surface area contributed by atoms with E-state index in [2.05, 4.69) is 22.3 Å². The minimum absolute atomic E-state index is 0.0608. The molecule has 1 saturated carbocycles. The molecule has 1 aliphatic carbocycles. The summed E-state index contributed by atoms with van der Waals surface area (Å²) in [6.07, 6.45) is 6.07. The number of halogens is 2. The SMILES string of the molecule is Cc1ccnc2c(C(=O)Nc3cn(C4CCC(C)CC4)nc3C(F)F)ccn12. The van der Waals surface area contributed by atoms with Gasteiger partial charge in [0, 0.05) is 24.3 Å². The molecule has 148 valence electrons. The first-order chi connectivity index (χ1) is 13.4. The second kappa shape index (κ2) is 7.33. The Morgan fingerprint density at radius 3 is 2.71 bits per heavy atom. The summed E-state index contributed by atoms with van der Waals surface area (Å²) in [5.41, 5.74) is 1.43. The maximum Gasteiger partial charge on any atom is 0.284 e. The molecule has 3 aromatic rings. The Hall–Kier alpha value is -2.77. The maximum absolute atomic E-state index is 13.5. The number of aryl methyl sites for hydroxylation is 1. The van der Waals surface area contributed by atoms with Gasteiger partial charge in [-0.1, -0.05) is 6.92 Å². The van der Waals surface area contributed by atoms with Gasteiger partial charge in [0.25, 0.3) is 12.3 Å². The molecular formula is C20H23F2N5O. The Kier molecular flexibility index (Phi) is 4.87. The van der Waals surface area contributed by atoms with E-state index in [-0.39, 0.29) is 17.4 Å². The third-order valence-electron chi connectivity index (χ3n) is 5.57. The van der Waals surface area contributed by atoms with Gasteiger partial charge in [0.15, 0.2) is 5.69 Å². The predicted molar refractivity (Wildman–Crippen MR) is 102 cm³/mol. The summed E-state index contributed by atoms with van der Waals surface area (Å²) in [4.78, 5) is 17.0. The lowest BCUT2D eigenvalue weighted by molar-refractivity contribution is 0.102. The number of aromatic nitrogens is 4. The van der Waals surface area contributed by atoms with Crippen molar-refractivity contribution >= 4 is 17.2 Å². The van der Waals surface area contributed by atoms with E-state index >= 15 is 0 Å². The van der Waals surface area contributed by atoms with Gasteiger partial charge in [-0.15, -0.1) is 0 Å². The Morgan fingerprint density at radius 2 is 2.00 bits per heavy atom. The monoisotopic (exact) mass is 387 g/mol. The van der Waals surface area contributed by atoms with Gasteiger partial charge in [0.2, 0.25) is 0 Å². The van der Waals surface area contributed by atoms with Crippen molar-refractivity contribution in [1.29, 1.82) is 0 Å². The molecule has 6 nitrogen and oxygen atoms in total. The van der Waals surface area contributed by atoms with Crippen LogP contribution in [0, 0.1) is 12.8 Å². The number of anilines is 1. The van der Waals surface area contributed by atoms with Crippen molar-refractivity contribution in [2.45, 2.75) is 52.0 Å². The highest BCUT2D eigenvalue weighted by molar-refractivity contribution is 6.08. The van der Waals surface area contributed by atoms with Crippen LogP contribution in [0.3, 0.4) is 0 Å². The summed E-state index contributed by atoms with van der Waals surface area (Å²) >= 11 is 0. The molecule has 0 aromatic carbocycles. The molecule has 28 heavy (non-hydrogen) atoms. The third-order valence-corrected chi connectivity index (χ3v) is 5.57. The number of hydrogen-bond acceptors (Lipinski definition) is 3. The fourth-order valence-electron chi connectivity index (χ4n) is 3.86. The van der Waals surface area contributed by atoms with E-state index in [9.17, 15) is 13.6 Å². The number of amides is 1. The van der Waals surface area contributed by atoms with Gasteiger partial charge in [-0.3, -0.25) is 9.48 Å². The largest absolute Gasteiger partial charge is 0.319 e. The molecule has 3 aromatic heterocycles. The molecule has 3 heterocycles. The van der Waals surface area contributed by atoms with Crippen LogP contribution in [0.5, 0.6) is 0 Å². The van der Waals surface area contributed by atoms with E-state index < -0.39 is 12.3 Å². The molecule has 8 heteroatoms. The van der Waals surface area contributed by atoms with E-state index in [1.54, 1.807) is 27.5 Å². The Bertz CT molecular complexity index is 1000. The molecule has 0 atom stereocenters. The first-order valence-corrected chi connectivity index (χ1v) is 9.55. The topological polar surface area (TPSA) is 64.2 Å². The number of rotatable bonds is 4. The van der Waals surface area contributed by atoms with Crippen molar-refractivity contribution in [1.82, 2.24) is 19.2 Å². The van der Waals surface area contributed by atoms with Crippen molar-refractivity contribution < 1.29 is 13.6 Å². The highest BCUT2D eigenvalue weighted by Crippen LogP contribution is 2.34. The Morgan fingerprint density at radius 1 is 1.25 bits per heavy atom. The fourth-order valence-corrected chi connectivity index (χ4v) is 3.86. The Labute approximate surface area is 161 Å². The van der Waals surface area contributed by atoms with E-state index in [1.807, 2.05) is 13.0 Å². The highest BCUT2D eigenvalue weighted by atomic mass is 19.3. The summed E-state index contributed by atoms with van der Waals surface area (Å²) in [7, 11) is 0. The number of carbonyl (C=O) groups is 1. The lowest BCUT2D eigenvalue weighted by atomic mass is 9.87. The molecule has 1 fully saturated rings. The van der Waals surface area contributed by atoms with Crippen LogP contribution < -0.4 is 5.32 Å². The van der Waals surface area contributed by atoms with Crippen LogP contribution in [0.2, 0.25) is 0 Å². The fraction of sp³-hybridized carbons (Fsp3) is 0.450. The standard InChI is InChI=1S/C20H23F2N5O/c1-12-3-5-14(6-4-12)27-11-16(17(25-27)18(21)22)24-20(28)15-8-10-26-13(2)7-9-23-19(15)26/h7-12,14,18H,3-6H2,1-2H3,(H,24,28). The number of nitrogens with one attached hydrogen (secondary N) is 1. The molecule has 1 amide bonds. The molecule has 0 saturated heterocycles. The van der Waals surface area contributed by atoms with Crippen molar-refractivity contribution in [2.75, 3.05) is 5.32 Å². The first kappa shape index (κ1) is 18.6. The second-order valence-corrected chi connectivity index (χ2v) is 7.59. The number of carbonyl (C=O) groups excluding carboxylic acids is 1. The molecule has 0 radical (unpaired) electrons. The predicted octanol–water partition coefficient (Wildman–Crippen LogP) is 4.78. The third kappa shape index (κ3) is 3.39. The van der Waals surface area contributed by atoms with Crippen LogP contribution >= 0.6 is 0 Å². The van der Waals surface area contributed by atoms with Crippen molar-refractivity contribution in [3.05, 3.63) is 47.7 Å². The quantitative estimate of drug-likeness (QED) is 0.701. The van der Waals surface area contributed by atoms with Gasteiger partial charge in [-0.05, 0) is 50.7 Å². The van der Waals surface area contributed by atoms with E-state index in [1.165, 1.54) is 6.20 Å². The van der Waals surface area contributed by atoms with Crippen LogP contribution in [-0.4, -0.2) is 25.1 Å². The van der Waals surface area contributed by atoms with Crippen LogP contribution in [0.25, 0.3) is 5.65 Å². The summed E-state index contributed by atoms with van der Waals surface area (Å²) in [6.45, 7) is 4.10. The van der Waals surface area contributed by atoms with E-state index in [0.717, 1.165) is 31.4 Å². The van der Waals surface area contributed by atoms with E-state index in [0.29, 0.717) is 17.1 Å². The lowest BCUT2D eigenvalue weighted by Crippen LogP contribution is -2.17. The van der Waals surface area contributed by atoms with Gasteiger partial charge >= 0.3 is 0 Å². The zero-order chi connectivity index (χ0) is 19.8. The van der Waals surface area contributed by atoms with Gasteiger partial charge in [0.1, 0.15) is 5.65 Å². The zero-order valence-corrected chi connectivity index (χ0v) is 15.9. The molecule has 0 aliphatic heterocycles. The first-order valence-electron chi connectivity index (χ1n) is 9.55. The molecule has 4 rings (SSSR count). The average molecular weight is 387 g/mol. The number of alkyl halides is 2. The molecule has 0 unspecified atom stereocenters. The van der Waals surface area contributed by atoms with Gasteiger partial charge in [0.05, 0.1) is 17.3 Å². The number of nitrogens with zero attached hydrogens (tertiary/aromatic N) is 4. The maximum atomic E-state index is 13.5. The minimum Gasteiger partial charge on any atom is -0.319 e. The highest BCUT2D eigenvalue weighted by Gasteiger charge is 2.26. The van der Waals surface area contributed by atoms with E-state index in [4.69, 9.17) is 0 Å². The molecule has 1 N–H and O–H groups in total. The number of fused-ring (bicyclic) bond motifs is 1. The smallest absolute Gasteiger partial charge is 0.284 e. The van der Waals surface area contributed by atoms with Crippen molar-refractivity contribution in [2.24, 2.45) is 5.92 Å². The summed E-state index contributed by atoms with van der Waals surface area (Å²) in [5, 5.41) is 6.72. The Balaban J connectivity index is 1.61. The normalized spacial score (nSPS) is 20.0. The minimum atomic E-state index is -2.76. The summed E-state index contributed by atoms with van der Waals surface area (Å²) in [6, 6.07) is 3.57. The molecule has 0 bridgehead atoms.